The number of nitro groups is 1. The average Bonchev–Trinajstić information content (AvgIpc) is 3.49. The van der Waals surface area contributed by atoms with Gasteiger partial charge in [-0.05, 0) is 55.0 Å². The molecule has 0 fully saturated rings. The van der Waals surface area contributed by atoms with Crippen LogP contribution in [0, 0.1) is 17.0 Å². The predicted molar refractivity (Wildman–Crippen MR) is 177 cm³/mol. The second-order valence-corrected chi connectivity index (χ2v) is 11.0. The number of nitrogens with zero attached hydrogens (tertiary/aromatic N) is 4. The zero-order valence-electron chi connectivity index (χ0n) is 24.4. The maximum atomic E-state index is 13.8. The highest BCUT2D eigenvalue weighted by Gasteiger charge is 2.23. The molecule has 6 rings (SSSR count). The molecule has 0 saturated carbocycles. The third-order valence-electron chi connectivity index (χ3n) is 7.05. The van der Waals surface area contributed by atoms with Crippen molar-refractivity contribution in [2.24, 2.45) is 5.10 Å². The smallest absolute Gasteiger partial charge is 0.312 e. The van der Waals surface area contributed by atoms with Crippen LogP contribution in [0.5, 0.6) is 11.5 Å². The van der Waals surface area contributed by atoms with Crippen molar-refractivity contribution < 1.29 is 23.6 Å². The van der Waals surface area contributed by atoms with E-state index in [9.17, 15) is 19.7 Å². The van der Waals surface area contributed by atoms with Crippen molar-refractivity contribution in [3.8, 4) is 23.1 Å². The van der Waals surface area contributed by atoms with E-state index in [4.69, 9.17) is 13.9 Å². The number of aromatic nitrogens is 2. The highest BCUT2D eigenvalue weighted by Crippen LogP contribution is 2.35. The quantitative estimate of drug-likeness (QED) is 0.101. The summed E-state index contributed by atoms with van der Waals surface area (Å²) in [5, 5.41) is 20.2. The molecule has 230 valence electrons. The van der Waals surface area contributed by atoms with Gasteiger partial charge in [0.25, 0.3) is 11.5 Å². The lowest BCUT2D eigenvalue weighted by molar-refractivity contribution is -0.385. The van der Waals surface area contributed by atoms with Crippen LogP contribution in [0.25, 0.3) is 33.5 Å². The number of nitrogens with one attached hydrogen (secondary N) is 1. The summed E-state index contributed by atoms with van der Waals surface area (Å²) >= 11 is 3.30. The molecule has 0 unspecified atom stereocenters. The highest BCUT2D eigenvalue weighted by atomic mass is 79.9. The number of carbonyl (C=O) groups is 1. The van der Waals surface area contributed by atoms with Gasteiger partial charge in [0.05, 0.1) is 34.5 Å². The van der Waals surface area contributed by atoms with Gasteiger partial charge in [-0.3, -0.25) is 19.7 Å². The van der Waals surface area contributed by atoms with E-state index in [2.05, 4.69) is 31.3 Å². The molecule has 13 heteroatoms. The minimum absolute atomic E-state index is 0.0859. The number of fused-ring (bicyclic) bond motifs is 2. The second kappa shape index (κ2) is 12.7. The molecule has 0 atom stereocenters. The molecule has 6 aromatic rings. The maximum absolute atomic E-state index is 13.8. The van der Waals surface area contributed by atoms with Gasteiger partial charge in [-0.25, -0.2) is 4.98 Å². The van der Waals surface area contributed by atoms with Crippen LogP contribution >= 0.6 is 15.9 Å². The van der Waals surface area contributed by atoms with E-state index in [0.717, 1.165) is 10.2 Å². The summed E-state index contributed by atoms with van der Waals surface area (Å²) in [5.74, 6) is 0.160. The lowest BCUT2D eigenvalue weighted by Crippen LogP contribution is -2.22. The molecule has 46 heavy (non-hydrogen) atoms. The molecular formula is C33H24BrN5O7. The average molecular weight is 682 g/mol. The van der Waals surface area contributed by atoms with E-state index < -0.39 is 28.7 Å². The molecule has 4 aromatic carbocycles. The van der Waals surface area contributed by atoms with E-state index in [-0.39, 0.29) is 22.9 Å². The van der Waals surface area contributed by atoms with Gasteiger partial charge in [0, 0.05) is 21.8 Å². The molecule has 0 aliphatic heterocycles. The number of carbonyl (C=O) groups excluding carboxylic acids is 1. The van der Waals surface area contributed by atoms with E-state index in [1.54, 1.807) is 67.8 Å². The van der Waals surface area contributed by atoms with Crippen LogP contribution in [0.3, 0.4) is 0 Å². The van der Waals surface area contributed by atoms with Crippen molar-refractivity contribution in [1.29, 1.82) is 0 Å². The number of methoxy groups -OCH3 is 1. The number of benzene rings is 4. The number of ether oxygens (including phenoxy) is 2. The Kier molecular flexibility index (Phi) is 8.31. The molecule has 0 bridgehead atoms. The largest absolute Gasteiger partial charge is 0.496 e. The number of anilines is 1. The summed E-state index contributed by atoms with van der Waals surface area (Å²) in [6, 6.07) is 23.8. The topological polar surface area (TPSA) is 151 Å². The minimum atomic E-state index is -0.631. The molecule has 0 aliphatic carbocycles. The van der Waals surface area contributed by atoms with Gasteiger partial charge in [0.2, 0.25) is 11.6 Å². The fourth-order valence-corrected chi connectivity index (χ4v) is 5.32. The fourth-order valence-electron chi connectivity index (χ4n) is 4.86. The maximum Gasteiger partial charge on any atom is 0.312 e. The van der Waals surface area contributed by atoms with E-state index >= 15 is 0 Å². The van der Waals surface area contributed by atoms with Crippen molar-refractivity contribution in [2.75, 3.05) is 19.0 Å². The molecular weight excluding hydrogens is 658 g/mol. The van der Waals surface area contributed by atoms with Crippen LogP contribution in [0.4, 0.5) is 11.4 Å². The Morgan fingerprint density at radius 2 is 1.87 bits per heavy atom. The Labute approximate surface area is 269 Å². The number of hydrogen-bond acceptors (Lipinski definition) is 9. The normalized spacial score (nSPS) is 11.3. The number of rotatable bonds is 9. The van der Waals surface area contributed by atoms with Crippen molar-refractivity contribution in [3.05, 3.63) is 121 Å². The van der Waals surface area contributed by atoms with Gasteiger partial charge in [-0.15, -0.1) is 0 Å². The first kappa shape index (κ1) is 30.2. The summed E-state index contributed by atoms with van der Waals surface area (Å²) in [5.41, 5.74) is 1.57. The fraction of sp³-hybridized carbons (Fsp3) is 0.0909. The zero-order valence-corrected chi connectivity index (χ0v) is 26.0. The van der Waals surface area contributed by atoms with E-state index in [0.29, 0.717) is 37.8 Å². The van der Waals surface area contributed by atoms with Crippen molar-refractivity contribution >= 4 is 61.3 Å². The SMILES string of the molecule is COc1cccc2oc(-c3nc4ccccc4c(=O)n3N=Cc3cc(Br)cc([N+](=O)[O-])c3OCC(=O)Nc3ccccc3C)cc12. The van der Waals surface area contributed by atoms with Gasteiger partial charge >= 0.3 is 5.69 Å². The predicted octanol–water partition coefficient (Wildman–Crippen LogP) is 6.70. The van der Waals surface area contributed by atoms with Gasteiger partial charge < -0.3 is 19.2 Å². The molecule has 0 radical (unpaired) electrons. The van der Waals surface area contributed by atoms with E-state index in [1.807, 2.05) is 19.1 Å². The molecule has 2 heterocycles. The molecule has 0 saturated heterocycles. The number of furan rings is 1. The van der Waals surface area contributed by atoms with Crippen LogP contribution < -0.4 is 20.3 Å². The number of hydrogen-bond donors (Lipinski definition) is 1. The van der Waals surface area contributed by atoms with Crippen LogP contribution in [0.15, 0.2) is 104 Å². The number of para-hydroxylation sites is 2. The van der Waals surface area contributed by atoms with Crippen molar-refractivity contribution in [2.45, 2.75) is 6.92 Å². The summed E-state index contributed by atoms with van der Waals surface area (Å²) in [6.07, 6.45) is 1.23. The zero-order chi connectivity index (χ0) is 32.4. The Bertz CT molecular complexity index is 2240. The second-order valence-electron chi connectivity index (χ2n) is 10.0. The molecule has 1 amide bonds. The standard InChI is InChI=1S/C33H24BrN5O7/c1-19-8-3-5-10-24(19)36-30(40)18-45-31-20(14-21(34)15-26(31)39(42)43)17-35-38-32(37-25-11-6-4-9-22(25)33(38)41)29-16-23-27(44-2)12-7-13-28(23)46-29/h3-17H,18H2,1-2H3,(H,36,40). The van der Waals surface area contributed by atoms with Crippen molar-refractivity contribution in [3.63, 3.8) is 0 Å². The Balaban J connectivity index is 1.43. The van der Waals surface area contributed by atoms with Crippen LogP contribution in [0.1, 0.15) is 11.1 Å². The Morgan fingerprint density at radius 3 is 2.65 bits per heavy atom. The number of amides is 1. The molecule has 0 spiro atoms. The summed E-state index contributed by atoms with van der Waals surface area (Å²) in [4.78, 5) is 42.6. The summed E-state index contributed by atoms with van der Waals surface area (Å²) in [6.45, 7) is 1.31. The monoisotopic (exact) mass is 681 g/mol. The Morgan fingerprint density at radius 1 is 1.09 bits per heavy atom. The van der Waals surface area contributed by atoms with Gasteiger partial charge in [0.15, 0.2) is 12.4 Å². The number of halogens is 1. The molecule has 0 aliphatic rings. The van der Waals surface area contributed by atoms with Gasteiger partial charge in [0.1, 0.15) is 11.3 Å². The van der Waals surface area contributed by atoms with Gasteiger partial charge in [-0.1, -0.05) is 52.3 Å². The van der Waals surface area contributed by atoms with Crippen LogP contribution in [-0.2, 0) is 4.79 Å². The van der Waals surface area contributed by atoms with Crippen molar-refractivity contribution in [1.82, 2.24) is 9.66 Å². The lowest BCUT2D eigenvalue weighted by atomic mass is 10.2. The summed E-state index contributed by atoms with van der Waals surface area (Å²) in [7, 11) is 1.54. The van der Waals surface area contributed by atoms with E-state index in [1.165, 1.54) is 18.3 Å². The molecule has 2 aromatic heterocycles. The first-order valence-electron chi connectivity index (χ1n) is 13.8. The van der Waals surface area contributed by atoms with Crippen LogP contribution in [0.2, 0.25) is 0 Å². The number of nitro benzene ring substituents is 1. The van der Waals surface area contributed by atoms with Crippen LogP contribution in [-0.4, -0.2) is 40.4 Å². The first-order chi connectivity index (χ1) is 22.2. The number of aryl methyl sites for hydroxylation is 1. The third kappa shape index (κ3) is 5.95. The summed E-state index contributed by atoms with van der Waals surface area (Å²) < 4.78 is 18.7. The molecule has 1 N–H and O–H groups in total. The van der Waals surface area contributed by atoms with Gasteiger partial charge in [-0.2, -0.15) is 9.78 Å². The third-order valence-corrected chi connectivity index (χ3v) is 7.51. The molecule has 12 nitrogen and oxygen atoms in total. The minimum Gasteiger partial charge on any atom is -0.496 e. The first-order valence-corrected chi connectivity index (χ1v) is 14.6. The Hall–Kier alpha value is -5.82. The lowest BCUT2D eigenvalue weighted by Gasteiger charge is -2.12. The highest BCUT2D eigenvalue weighted by molar-refractivity contribution is 9.10.